The molecule has 3 fully saturated rings. The minimum atomic E-state index is 0.0557. The van der Waals surface area contributed by atoms with E-state index in [0.717, 1.165) is 50.5 Å². The monoisotopic (exact) mass is 500 g/mol. The van der Waals surface area contributed by atoms with Crippen LogP contribution in [0.2, 0.25) is 5.02 Å². The lowest BCUT2D eigenvalue weighted by atomic mass is 9.96. The summed E-state index contributed by atoms with van der Waals surface area (Å²) in [6, 6.07) is 7.91. The number of nitrogens with zero attached hydrogens (tertiary/aromatic N) is 5. The Morgan fingerprint density at radius 1 is 1.06 bits per heavy atom. The third kappa shape index (κ3) is 6.35. The molecule has 35 heavy (non-hydrogen) atoms. The second kappa shape index (κ2) is 11.3. The molecule has 3 aliphatic rings. The summed E-state index contributed by atoms with van der Waals surface area (Å²) in [5.74, 6) is 2.18. The number of amides is 1. The number of nitrogens with one attached hydrogen (secondary N) is 1. The minimum absolute atomic E-state index is 0.0557. The third-order valence-corrected chi connectivity index (χ3v) is 8.08. The van der Waals surface area contributed by atoms with E-state index in [1.807, 2.05) is 24.3 Å². The number of anilines is 1. The molecule has 1 amide bonds. The van der Waals surface area contributed by atoms with Crippen molar-refractivity contribution in [3.8, 4) is 11.4 Å². The van der Waals surface area contributed by atoms with Crippen molar-refractivity contribution < 1.29 is 9.32 Å². The van der Waals surface area contributed by atoms with E-state index < -0.39 is 0 Å². The zero-order valence-corrected chi connectivity index (χ0v) is 21.4. The van der Waals surface area contributed by atoms with Crippen LogP contribution in [-0.2, 0) is 4.79 Å². The van der Waals surface area contributed by atoms with Crippen molar-refractivity contribution in [2.45, 2.75) is 32.1 Å². The molecular weight excluding hydrogens is 464 g/mol. The summed E-state index contributed by atoms with van der Waals surface area (Å²) < 4.78 is 5.49. The lowest BCUT2D eigenvalue weighted by Crippen LogP contribution is -2.42. The van der Waals surface area contributed by atoms with E-state index in [0.29, 0.717) is 22.8 Å². The topological polar surface area (TPSA) is 77.7 Å². The van der Waals surface area contributed by atoms with E-state index in [1.165, 1.54) is 45.4 Å². The Morgan fingerprint density at radius 3 is 2.63 bits per heavy atom. The number of benzene rings is 1. The van der Waals surface area contributed by atoms with Crippen LogP contribution in [-0.4, -0.2) is 85.3 Å². The molecule has 2 unspecified atom stereocenters. The van der Waals surface area contributed by atoms with Gasteiger partial charge in [0.05, 0.1) is 0 Å². The fraction of sp³-hybridized carbons (Fsp3) is 0.654. The van der Waals surface area contributed by atoms with Crippen LogP contribution in [0.15, 0.2) is 28.8 Å². The van der Waals surface area contributed by atoms with Crippen LogP contribution in [0.25, 0.3) is 11.4 Å². The van der Waals surface area contributed by atoms with E-state index in [-0.39, 0.29) is 11.8 Å². The van der Waals surface area contributed by atoms with Gasteiger partial charge in [-0.3, -0.25) is 4.79 Å². The third-order valence-electron chi connectivity index (χ3n) is 7.83. The molecule has 8 nitrogen and oxygen atoms in total. The second-order valence-electron chi connectivity index (χ2n) is 10.6. The van der Waals surface area contributed by atoms with Gasteiger partial charge in [-0.25, -0.2) is 0 Å². The van der Waals surface area contributed by atoms with Crippen LogP contribution in [0, 0.1) is 17.8 Å². The van der Waals surface area contributed by atoms with Crippen LogP contribution >= 0.6 is 11.6 Å². The van der Waals surface area contributed by atoms with E-state index >= 15 is 0 Å². The van der Waals surface area contributed by atoms with Crippen LogP contribution in [0.4, 0.5) is 6.01 Å². The first-order chi connectivity index (χ1) is 17.0. The van der Waals surface area contributed by atoms with E-state index in [1.54, 1.807) is 0 Å². The van der Waals surface area contributed by atoms with Crippen molar-refractivity contribution >= 4 is 23.5 Å². The molecule has 2 aromatic rings. The molecule has 9 heteroatoms. The smallest absolute Gasteiger partial charge is 0.324 e. The van der Waals surface area contributed by atoms with Gasteiger partial charge in [-0.1, -0.05) is 16.8 Å². The number of halogens is 1. The van der Waals surface area contributed by atoms with Gasteiger partial charge >= 0.3 is 6.01 Å². The summed E-state index contributed by atoms with van der Waals surface area (Å²) in [4.78, 5) is 24.5. The number of carbonyl (C=O) groups excluding carboxylic acids is 1. The molecular formula is C26H37ClN6O2. The summed E-state index contributed by atoms with van der Waals surface area (Å²) in [5.41, 5.74) is 0.871. The number of hydrogen-bond donors (Lipinski definition) is 1. The number of carbonyl (C=O) groups is 1. The Hall–Kier alpha value is -2.16. The van der Waals surface area contributed by atoms with Gasteiger partial charge in [0.15, 0.2) is 0 Å². The molecule has 2 atom stereocenters. The Kier molecular flexibility index (Phi) is 7.90. The Morgan fingerprint density at radius 2 is 1.86 bits per heavy atom. The van der Waals surface area contributed by atoms with Crippen molar-refractivity contribution in [2.24, 2.45) is 17.8 Å². The van der Waals surface area contributed by atoms with Crippen LogP contribution < -0.4 is 10.2 Å². The highest BCUT2D eigenvalue weighted by Gasteiger charge is 2.30. The van der Waals surface area contributed by atoms with Crippen LogP contribution in [0.1, 0.15) is 32.1 Å². The minimum Gasteiger partial charge on any atom is -0.356 e. The fourth-order valence-electron chi connectivity index (χ4n) is 5.82. The Labute approximate surface area is 213 Å². The van der Waals surface area contributed by atoms with Gasteiger partial charge in [0, 0.05) is 55.8 Å². The molecule has 0 aliphatic carbocycles. The summed E-state index contributed by atoms with van der Waals surface area (Å²) in [5, 5.41) is 8.04. The number of hydrogen-bond acceptors (Lipinski definition) is 7. The highest BCUT2D eigenvalue weighted by atomic mass is 35.5. The second-order valence-corrected chi connectivity index (χ2v) is 11.0. The van der Waals surface area contributed by atoms with Crippen molar-refractivity contribution in [1.29, 1.82) is 0 Å². The van der Waals surface area contributed by atoms with Crippen LogP contribution in [0.5, 0.6) is 0 Å². The largest absolute Gasteiger partial charge is 0.356 e. The van der Waals surface area contributed by atoms with Gasteiger partial charge in [0.1, 0.15) is 0 Å². The number of likely N-dealkylation sites (tertiary alicyclic amines) is 2. The number of aromatic nitrogens is 2. The summed E-state index contributed by atoms with van der Waals surface area (Å²) >= 11 is 5.96. The SMILES string of the molecule is CN1CCCC(CN2CCC(CNC(=O)C3CCN(c4nc(-c5ccc(Cl)cc5)no4)CC3)C2)C1. The van der Waals surface area contributed by atoms with Gasteiger partial charge in [-0.15, -0.1) is 0 Å². The van der Waals surface area contributed by atoms with Gasteiger partial charge < -0.3 is 24.5 Å². The van der Waals surface area contributed by atoms with E-state index in [2.05, 4.69) is 37.2 Å². The Bertz CT molecular complexity index is 974. The maximum Gasteiger partial charge on any atom is 0.324 e. The van der Waals surface area contributed by atoms with E-state index in [9.17, 15) is 4.79 Å². The van der Waals surface area contributed by atoms with Crippen LogP contribution in [0.3, 0.4) is 0 Å². The maximum atomic E-state index is 12.8. The maximum absolute atomic E-state index is 12.8. The molecule has 3 aliphatic heterocycles. The predicted octanol–water partition coefficient (Wildman–Crippen LogP) is 3.39. The molecule has 4 heterocycles. The average Bonchev–Trinajstić information content (AvgIpc) is 3.53. The molecule has 190 valence electrons. The average molecular weight is 501 g/mol. The zero-order valence-electron chi connectivity index (χ0n) is 20.7. The standard InChI is InChI=1S/C26H37ClN6O2/c1-31-11-2-3-20(16-31)18-32-12-8-19(17-32)15-28-25(34)22-9-13-33(14-10-22)26-29-24(30-35-26)21-4-6-23(27)7-5-21/h4-7,19-20,22H,2-3,8-18H2,1H3,(H,28,34). The predicted molar refractivity (Wildman–Crippen MR) is 137 cm³/mol. The highest BCUT2D eigenvalue weighted by molar-refractivity contribution is 6.30. The van der Waals surface area contributed by atoms with Gasteiger partial charge in [-0.2, -0.15) is 4.98 Å². The first-order valence-corrected chi connectivity index (χ1v) is 13.4. The summed E-state index contributed by atoms with van der Waals surface area (Å²) in [6.45, 7) is 8.25. The first-order valence-electron chi connectivity index (χ1n) is 13.1. The van der Waals surface area contributed by atoms with Gasteiger partial charge in [0.25, 0.3) is 0 Å². The first kappa shape index (κ1) is 24.5. The molecule has 5 rings (SSSR count). The van der Waals surface area contributed by atoms with E-state index in [4.69, 9.17) is 16.1 Å². The zero-order chi connectivity index (χ0) is 24.2. The number of rotatable bonds is 7. The molecule has 0 saturated carbocycles. The normalized spacial score (nSPS) is 24.7. The molecule has 0 spiro atoms. The fourth-order valence-corrected chi connectivity index (χ4v) is 5.94. The highest BCUT2D eigenvalue weighted by Crippen LogP contribution is 2.26. The Balaban J connectivity index is 1.03. The van der Waals surface area contributed by atoms with Crippen molar-refractivity contribution in [3.63, 3.8) is 0 Å². The summed E-state index contributed by atoms with van der Waals surface area (Å²) in [7, 11) is 2.24. The lowest BCUT2D eigenvalue weighted by molar-refractivity contribution is -0.125. The van der Waals surface area contributed by atoms with Crippen molar-refractivity contribution in [3.05, 3.63) is 29.3 Å². The van der Waals surface area contributed by atoms with Crippen molar-refractivity contribution in [1.82, 2.24) is 25.3 Å². The molecule has 0 radical (unpaired) electrons. The molecule has 3 saturated heterocycles. The molecule has 1 aromatic heterocycles. The van der Waals surface area contributed by atoms with Crippen molar-refractivity contribution in [2.75, 3.05) is 64.3 Å². The molecule has 1 aromatic carbocycles. The molecule has 0 bridgehead atoms. The quantitative estimate of drug-likeness (QED) is 0.624. The molecule has 1 N–H and O–H groups in total. The van der Waals surface area contributed by atoms with Gasteiger partial charge in [-0.05, 0) is 88.3 Å². The number of piperidine rings is 2. The van der Waals surface area contributed by atoms with Gasteiger partial charge in [0.2, 0.25) is 11.7 Å². The lowest BCUT2D eigenvalue weighted by Gasteiger charge is -2.32. The summed E-state index contributed by atoms with van der Waals surface area (Å²) in [6.07, 6.45) is 5.47.